The van der Waals surface area contributed by atoms with E-state index in [4.69, 9.17) is 16.3 Å². The maximum absolute atomic E-state index is 11.5. The van der Waals surface area contributed by atoms with Gasteiger partial charge in [0.1, 0.15) is 5.75 Å². The first-order valence-electron chi connectivity index (χ1n) is 6.94. The average Bonchev–Trinajstić information content (AvgIpc) is 2.48. The molecule has 0 aliphatic heterocycles. The van der Waals surface area contributed by atoms with Gasteiger partial charge in [-0.15, -0.1) is 0 Å². The summed E-state index contributed by atoms with van der Waals surface area (Å²) < 4.78 is 5.32. The maximum Gasteiger partial charge on any atom is 0.277 e. The third-order valence-corrected chi connectivity index (χ3v) is 3.56. The largest absolute Gasteiger partial charge is 0.484 e. The van der Waals surface area contributed by atoms with Crippen LogP contribution in [0.2, 0.25) is 5.02 Å². The van der Waals surface area contributed by atoms with Crippen LogP contribution in [0, 0.1) is 5.92 Å². The second-order valence-electron chi connectivity index (χ2n) is 4.95. The Morgan fingerprint density at radius 1 is 1.30 bits per heavy atom. The number of rotatable bonds is 5. The zero-order valence-electron chi connectivity index (χ0n) is 11.3. The van der Waals surface area contributed by atoms with Crippen LogP contribution in [0.4, 0.5) is 0 Å². The maximum atomic E-state index is 11.5. The first kappa shape index (κ1) is 14.9. The van der Waals surface area contributed by atoms with Crippen LogP contribution in [0.1, 0.15) is 32.1 Å². The smallest absolute Gasteiger partial charge is 0.277 e. The fourth-order valence-corrected chi connectivity index (χ4v) is 2.34. The molecule has 0 unspecified atom stereocenters. The van der Waals surface area contributed by atoms with Gasteiger partial charge in [-0.2, -0.15) is 5.10 Å². The molecule has 0 bridgehead atoms. The first-order valence-corrected chi connectivity index (χ1v) is 7.32. The third kappa shape index (κ3) is 5.21. The quantitative estimate of drug-likeness (QED) is 0.668. The lowest BCUT2D eigenvalue weighted by Gasteiger charge is -2.16. The Hall–Kier alpha value is -1.55. The summed E-state index contributed by atoms with van der Waals surface area (Å²) >= 11 is 5.76. The van der Waals surface area contributed by atoms with E-state index >= 15 is 0 Å². The molecular weight excluding hydrogens is 276 g/mol. The molecule has 4 nitrogen and oxygen atoms in total. The Labute approximate surface area is 124 Å². The highest BCUT2D eigenvalue weighted by Crippen LogP contribution is 2.21. The molecule has 1 aliphatic rings. The standard InChI is InChI=1S/C15H19ClN2O2/c16-13-6-8-14(9-7-13)20-11-15(19)18-17-10-12-4-2-1-3-5-12/h6-10,12H,1-5,11H2,(H,18,19)/b17-10-. The second kappa shape index (κ2) is 7.90. The molecule has 1 aliphatic carbocycles. The summed E-state index contributed by atoms with van der Waals surface area (Å²) in [6, 6.07) is 6.88. The molecule has 1 saturated carbocycles. The molecule has 1 N–H and O–H groups in total. The lowest BCUT2D eigenvalue weighted by molar-refractivity contribution is -0.123. The molecule has 5 heteroatoms. The van der Waals surface area contributed by atoms with E-state index in [9.17, 15) is 4.79 Å². The van der Waals surface area contributed by atoms with Gasteiger partial charge in [0.15, 0.2) is 6.61 Å². The van der Waals surface area contributed by atoms with Crippen molar-refractivity contribution < 1.29 is 9.53 Å². The van der Waals surface area contributed by atoms with Crippen LogP contribution in [0.3, 0.4) is 0 Å². The van der Waals surface area contributed by atoms with Gasteiger partial charge in [-0.3, -0.25) is 4.79 Å². The summed E-state index contributed by atoms with van der Waals surface area (Å²) in [5.41, 5.74) is 2.49. The van der Waals surface area contributed by atoms with Crippen LogP contribution in [-0.2, 0) is 4.79 Å². The van der Waals surface area contributed by atoms with Gasteiger partial charge in [0.25, 0.3) is 5.91 Å². The molecule has 1 amide bonds. The number of amides is 1. The molecule has 1 fully saturated rings. The van der Waals surface area contributed by atoms with Gasteiger partial charge in [-0.25, -0.2) is 5.43 Å². The molecular formula is C15H19ClN2O2. The van der Waals surface area contributed by atoms with E-state index in [1.807, 2.05) is 6.21 Å². The van der Waals surface area contributed by atoms with Crippen molar-refractivity contribution in [3.05, 3.63) is 29.3 Å². The number of halogens is 1. The molecule has 0 heterocycles. The lowest BCUT2D eigenvalue weighted by Crippen LogP contribution is -2.25. The Kier molecular flexibility index (Phi) is 5.87. The number of hydrazone groups is 1. The van der Waals surface area contributed by atoms with E-state index < -0.39 is 0 Å². The van der Waals surface area contributed by atoms with Crippen LogP contribution < -0.4 is 10.2 Å². The second-order valence-corrected chi connectivity index (χ2v) is 5.39. The highest BCUT2D eigenvalue weighted by Gasteiger charge is 2.10. The molecule has 1 aromatic carbocycles. The van der Waals surface area contributed by atoms with Crippen molar-refractivity contribution in [2.24, 2.45) is 11.0 Å². The van der Waals surface area contributed by atoms with E-state index in [0.717, 1.165) is 0 Å². The van der Waals surface area contributed by atoms with Crippen molar-refractivity contribution >= 4 is 23.7 Å². The number of carbonyl (C=O) groups is 1. The van der Waals surface area contributed by atoms with Gasteiger partial charge < -0.3 is 4.74 Å². The van der Waals surface area contributed by atoms with Crippen LogP contribution in [-0.4, -0.2) is 18.7 Å². The summed E-state index contributed by atoms with van der Waals surface area (Å²) in [6.45, 7) is -0.0519. The monoisotopic (exact) mass is 294 g/mol. The third-order valence-electron chi connectivity index (χ3n) is 3.31. The van der Waals surface area contributed by atoms with Crippen LogP contribution in [0.25, 0.3) is 0 Å². The van der Waals surface area contributed by atoms with Gasteiger partial charge in [-0.05, 0) is 43.0 Å². The van der Waals surface area contributed by atoms with Crippen LogP contribution in [0.5, 0.6) is 5.75 Å². The van der Waals surface area contributed by atoms with E-state index in [2.05, 4.69) is 10.5 Å². The lowest BCUT2D eigenvalue weighted by atomic mass is 9.90. The number of carbonyl (C=O) groups excluding carboxylic acids is 1. The Morgan fingerprint density at radius 3 is 2.70 bits per heavy atom. The van der Waals surface area contributed by atoms with Crippen molar-refractivity contribution in [3.63, 3.8) is 0 Å². The summed E-state index contributed by atoms with van der Waals surface area (Å²) in [5.74, 6) is 0.856. The number of hydrogen-bond acceptors (Lipinski definition) is 3. The first-order chi connectivity index (χ1) is 9.74. The zero-order valence-corrected chi connectivity index (χ0v) is 12.1. The zero-order chi connectivity index (χ0) is 14.2. The number of nitrogens with zero attached hydrogens (tertiary/aromatic N) is 1. The highest BCUT2D eigenvalue weighted by molar-refractivity contribution is 6.30. The number of benzene rings is 1. The topological polar surface area (TPSA) is 50.7 Å². The highest BCUT2D eigenvalue weighted by atomic mass is 35.5. The van der Waals surface area contributed by atoms with E-state index in [-0.39, 0.29) is 12.5 Å². The molecule has 108 valence electrons. The van der Waals surface area contributed by atoms with Crippen molar-refractivity contribution in [1.82, 2.24) is 5.43 Å². The van der Waals surface area contributed by atoms with E-state index in [1.165, 1.54) is 32.1 Å². The minimum absolute atomic E-state index is 0.0519. The Bertz CT molecular complexity index is 453. The molecule has 0 saturated heterocycles. The molecule has 0 aromatic heterocycles. The Morgan fingerprint density at radius 2 is 2.00 bits per heavy atom. The van der Waals surface area contributed by atoms with Gasteiger partial charge >= 0.3 is 0 Å². The summed E-state index contributed by atoms with van der Waals surface area (Å²) in [7, 11) is 0. The van der Waals surface area contributed by atoms with Crippen molar-refractivity contribution in [2.45, 2.75) is 32.1 Å². The molecule has 1 aromatic rings. The summed E-state index contributed by atoms with van der Waals surface area (Å²) in [5, 5.41) is 4.63. The van der Waals surface area contributed by atoms with Crippen molar-refractivity contribution in [2.75, 3.05) is 6.61 Å². The summed E-state index contributed by atoms with van der Waals surface area (Å²) in [6.07, 6.45) is 8.00. The van der Waals surface area contributed by atoms with Crippen molar-refractivity contribution in [1.29, 1.82) is 0 Å². The molecule has 0 atom stereocenters. The predicted molar refractivity (Wildman–Crippen MR) is 80.2 cm³/mol. The van der Waals surface area contributed by atoms with E-state index in [0.29, 0.717) is 16.7 Å². The summed E-state index contributed by atoms with van der Waals surface area (Å²) in [4.78, 5) is 11.5. The van der Waals surface area contributed by atoms with Crippen LogP contribution in [0.15, 0.2) is 29.4 Å². The normalized spacial score (nSPS) is 16.2. The predicted octanol–water partition coefficient (Wildman–Crippen LogP) is 3.40. The SMILES string of the molecule is O=C(COc1ccc(Cl)cc1)N/N=C\C1CCCCC1. The Balaban J connectivity index is 1.67. The minimum Gasteiger partial charge on any atom is -0.484 e. The van der Waals surface area contributed by atoms with Gasteiger partial charge in [0.2, 0.25) is 0 Å². The fourth-order valence-electron chi connectivity index (χ4n) is 2.21. The fraction of sp³-hybridized carbons (Fsp3) is 0.467. The number of nitrogens with one attached hydrogen (secondary N) is 1. The van der Waals surface area contributed by atoms with E-state index in [1.54, 1.807) is 24.3 Å². The number of hydrogen-bond donors (Lipinski definition) is 1. The molecule has 0 radical (unpaired) electrons. The average molecular weight is 295 g/mol. The van der Waals surface area contributed by atoms with Gasteiger partial charge in [0, 0.05) is 11.2 Å². The molecule has 0 spiro atoms. The van der Waals surface area contributed by atoms with Crippen LogP contribution >= 0.6 is 11.6 Å². The molecule has 2 rings (SSSR count). The van der Waals surface area contributed by atoms with Crippen molar-refractivity contribution in [3.8, 4) is 5.75 Å². The van der Waals surface area contributed by atoms with Gasteiger partial charge in [-0.1, -0.05) is 30.9 Å². The number of ether oxygens (including phenoxy) is 1. The van der Waals surface area contributed by atoms with Gasteiger partial charge in [0.05, 0.1) is 0 Å². The minimum atomic E-state index is -0.257. The molecule has 20 heavy (non-hydrogen) atoms.